The molecule has 642 valence electrons. The third-order valence-electron chi connectivity index (χ3n) is 10.0. The number of benzene rings is 2. The molecule has 0 amide bonds. The molecule has 4 rings (SSSR count). The maximum atomic E-state index is 12.1. The van der Waals surface area contributed by atoms with Crippen molar-refractivity contribution in [2.45, 2.75) is 70.9 Å². The Labute approximate surface area is 675 Å². The summed E-state index contributed by atoms with van der Waals surface area (Å²) in [4.78, 5) is 44.4. The summed E-state index contributed by atoms with van der Waals surface area (Å²) in [5.41, 5.74) is 9.04. The molecule has 2 saturated heterocycles. The number of unbranched alkanes of at least 4 members (excludes halogenated alkanes) is 2. The van der Waals surface area contributed by atoms with Crippen molar-refractivity contribution in [2.75, 3.05) is 46.8 Å². The number of ether oxygens (including phenoxy) is 8. The number of carbonyl (C=O) groups is 4. The van der Waals surface area contributed by atoms with Crippen LogP contribution in [0.25, 0.3) is 0 Å². The van der Waals surface area contributed by atoms with E-state index in [0.29, 0.717) is 32.0 Å². The molecule has 0 aliphatic carbocycles. The van der Waals surface area contributed by atoms with Crippen LogP contribution in [0.1, 0.15) is 54.1 Å². The van der Waals surface area contributed by atoms with Crippen LogP contribution in [0.15, 0.2) is 445 Å². The zero-order valence-corrected chi connectivity index (χ0v) is 62.3. The normalized spacial score (nSPS) is 16.7. The molecule has 0 radical (unpaired) electrons. The number of carbonyl (C=O) groups excluding carboxylic acids is 4. The van der Waals surface area contributed by atoms with Gasteiger partial charge in [-0.05, 0) is 142 Å². The lowest BCUT2D eigenvalue weighted by Crippen LogP contribution is -2.35. The summed E-state index contributed by atoms with van der Waals surface area (Å²) in [5, 5.41) is 211. The second kappa shape index (κ2) is 79.5. The van der Waals surface area contributed by atoms with Crippen molar-refractivity contribution in [3.05, 3.63) is 90.5 Å². The molecule has 85 heteroatoms. The van der Waals surface area contributed by atoms with Gasteiger partial charge in [0.15, 0.2) is 12.2 Å². The van der Waals surface area contributed by atoms with E-state index in [1.54, 1.807) is 19.2 Å². The molecule has 0 aromatic heterocycles. The maximum Gasteiger partial charge on any atom is 0.338 e. The Balaban J connectivity index is 0.00000119. The van der Waals surface area contributed by atoms with Gasteiger partial charge >= 0.3 is 23.9 Å². The third-order valence-corrected chi connectivity index (χ3v) is 10.0. The molecular formula is C38H53N73O12. The van der Waals surface area contributed by atoms with Crippen molar-refractivity contribution in [2.24, 2.45) is 377 Å². The average molecular weight is 1720 g/mol. The minimum absolute atomic E-state index is 0.241. The summed E-state index contributed by atoms with van der Waals surface area (Å²) in [6.45, 7) is 14.7. The first kappa shape index (κ1) is 102. The molecule has 2 aromatic carbocycles. The highest BCUT2D eigenvalue weighted by molar-refractivity contribution is 5.89. The van der Waals surface area contributed by atoms with Crippen molar-refractivity contribution in [1.29, 1.82) is 5.53 Å². The van der Waals surface area contributed by atoms with Crippen LogP contribution < -0.4 is 10.6 Å². The quantitative estimate of drug-likeness (QED) is 0.0118. The van der Waals surface area contributed by atoms with E-state index in [9.17, 15) is 19.2 Å². The van der Waals surface area contributed by atoms with Crippen molar-refractivity contribution in [1.82, 2.24) is 0 Å². The molecule has 3 N–H and O–H groups in total. The largest absolute Gasteiger partial charge is 0.494 e. The lowest BCUT2D eigenvalue weighted by molar-refractivity contribution is -0.151. The van der Waals surface area contributed by atoms with E-state index in [4.69, 9.17) is 43.4 Å². The van der Waals surface area contributed by atoms with Crippen LogP contribution in [0.2, 0.25) is 0 Å². The molecule has 2 aromatic rings. The summed E-state index contributed by atoms with van der Waals surface area (Å²) < 4.78 is 41.7. The van der Waals surface area contributed by atoms with E-state index >= 15 is 0 Å². The van der Waals surface area contributed by atoms with Gasteiger partial charge in [0, 0.05) is 320 Å². The molecule has 0 bridgehead atoms. The average Bonchev–Trinajstić information content (AvgIpc) is 1.65. The fraction of sp³-hybridized carbons (Fsp3) is 0.474. The molecule has 4 atom stereocenters. The van der Waals surface area contributed by atoms with Gasteiger partial charge in [0.25, 0.3) is 0 Å². The number of nitrogens with one attached hydrogen (secondary N) is 1. The van der Waals surface area contributed by atoms with Crippen LogP contribution in [-0.2, 0) is 47.5 Å². The number of hydrogen-bond acceptors (Lipinski definition) is 14. The zero-order chi connectivity index (χ0) is 88.9. The van der Waals surface area contributed by atoms with Gasteiger partial charge in [0.2, 0.25) is 0 Å². The Morgan fingerprint density at radius 3 is 0.813 bits per heavy atom. The monoisotopic (exact) mass is 1720 g/mol. The highest BCUT2D eigenvalue weighted by Crippen LogP contribution is 2.31. The lowest BCUT2D eigenvalue weighted by Gasteiger charge is -2.17. The summed E-state index contributed by atoms with van der Waals surface area (Å²) in [5.74, 6) is 3.99. The first-order valence-electron chi connectivity index (χ1n) is 31.0. The lowest BCUT2D eigenvalue weighted by atomic mass is 10.1. The number of methoxy groups -OCH3 is 1. The van der Waals surface area contributed by atoms with Gasteiger partial charge in [0.1, 0.15) is 18.0 Å². The van der Waals surface area contributed by atoms with Gasteiger partial charge in [-0.25, -0.2) is 14.4 Å². The smallest absolute Gasteiger partial charge is 0.338 e. The fourth-order valence-electron chi connectivity index (χ4n) is 5.82. The van der Waals surface area contributed by atoms with Crippen molar-refractivity contribution >= 4 is 23.9 Å². The molecule has 85 nitrogen and oxygen atoms in total. The number of fused-ring (bicyclic) bond motifs is 1. The number of esters is 4. The Bertz CT molecular complexity index is 4510. The van der Waals surface area contributed by atoms with Crippen LogP contribution in [0.3, 0.4) is 0 Å². The molecule has 0 saturated carbocycles. The van der Waals surface area contributed by atoms with E-state index in [1.165, 1.54) is 18.6 Å². The SMILES string of the molecule is C=CC(=O)OCCCCOC.C=CC(=O)OCCCCOc1ccc(C)cc1.CC(=O)O[C@H]1CO[C@@H]2[C@H]1OC[C@H]2OC(=O)c1ccc(C)cc1.N=N/N=N/N=N/N=N/N=N/N=N/N=N/N=N/N=N/N=N/N=N/N=N/N=N/N=N/N=N/N=N/N=N/N=N/N=N/N=N/N=N/N=N/N=N/N=N/N=N/N=N/N=N/N=N/N=N/N=N/N=N/N=N/N=N/N=N/N=N/N=N/N. The number of aryl methyl sites for hydroxylation is 2. The Morgan fingerprint density at radius 2 is 0.577 bits per heavy atom. The van der Waals surface area contributed by atoms with Crippen LogP contribution in [-0.4, -0.2) is 95.0 Å². The number of nitrogens with two attached hydrogens (primary N) is 1. The number of nitrogens with zero attached hydrogens (tertiary/aromatic N) is 71. The van der Waals surface area contributed by atoms with E-state index < -0.39 is 24.3 Å². The molecule has 2 aliphatic heterocycles. The third kappa shape index (κ3) is 67.1. The zero-order valence-electron chi connectivity index (χ0n) is 62.3. The van der Waals surface area contributed by atoms with Gasteiger partial charge in [-0.3, -0.25) is 4.79 Å². The van der Waals surface area contributed by atoms with Gasteiger partial charge in [-0.15, -0.1) is 0 Å². The van der Waals surface area contributed by atoms with Gasteiger partial charge < -0.3 is 43.7 Å². The number of rotatable bonds is 51. The topological polar surface area (TPSA) is 1070 Å². The van der Waals surface area contributed by atoms with Crippen LogP contribution in [0.5, 0.6) is 5.75 Å². The first-order valence-corrected chi connectivity index (χ1v) is 31.0. The van der Waals surface area contributed by atoms with E-state index in [-0.39, 0.29) is 37.2 Å². The van der Waals surface area contributed by atoms with Crippen molar-refractivity contribution in [3.63, 3.8) is 0 Å². The van der Waals surface area contributed by atoms with Gasteiger partial charge in [-0.1, -0.05) is 53.8 Å². The maximum absolute atomic E-state index is 12.1. The Hall–Kier alpha value is -19.1. The Morgan fingerprint density at radius 1 is 0.350 bits per heavy atom. The van der Waals surface area contributed by atoms with Gasteiger partial charge in [0.05, 0.1) is 38.6 Å². The minimum Gasteiger partial charge on any atom is -0.494 e. The van der Waals surface area contributed by atoms with E-state index in [2.05, 4.69) is 390 Å². The van der Waals surface area contributed by atoms with E-state index in [1.807, 2.05) is 50.2 Å². The van der Waals surface area contributed by atoms with Crippen LogP contribution >= 0.6 is 0 Å². The predicted molar refractivity (Wildman–Crippen MR) is 364 cm³/mol. The summed E-state index contributed by atoms with van der Waals surface area (Å²) in [7, 11) is 1.65. The molecular weight excluding hydrogens is 1670 g/mol. The van der Waals surface area contributed by atoms with Crippen molar-refractivity contribution in [3.8, 4) is 5.75 Å². The standard InChI is InChI=1S/C16H18O6.C14H18O3.C8H14O3.H3N73/c1-9-3-5-11(6-4-9)16(18)22-13-8-20-14-12(21-10(2)17)7-19-15(13)14;1-3-14(15)17-11-5-4-10-16-13-8-6-12(2)7-9-13;1-3-8(9)11-7-5-4-6-10-2;1-3-5-7-9-11-13-15-17-19-21-23-25-27-29-31-33-35-37-39-41-43-45-47-49-51-53-55-57-59-61-63-65-67-69-71-73-72-70-68-66-64-62-60-58-56-54-52-50-48-46-44-42-40-38-36-34-32-30-28-26-24-22-20-18-16-14-12-10-8-6-4-2/h3-6,12-15H,7-8H2,1-2H3;3,6-9H,1,4-5,10-11H2,2H3;3H,1,4-7H2,2H3;(H3,1,2,5,6,9,10,13,14,17,18,21,22,25,26,29,30,33,34,37,38,41,42,45,46,49,50,53,54,57,58,61,62,65,66,69,70,73)/t12-,13+,14-,15-;;;/m0.../s1. The molecule has 2 heterocycles. The fourth-order valence-corrected chi connectivity index (χ4v) is 5.82. The van der Waals surface area contributed by atoms with Crippen LogP contribution in [0.4, 0.5) is 0 Å². The molecule has 0 unspecified atom stereocenters. The predicted octanol–water partition coefficient (Wildman–Crippen LogP) is 18.0. The Kier molecular flexibility index (Phi) is 65.9. The minimum atomic E-state index is -0.487. The summed E-state index contributed by atoms with van der Waals surface area (Å²) >= 11 is 0. The van der Waals surface area contributed by atoms with Gasteiger partial charge in [-0.2, -0.15) is 5.53 Å². The molecule has 2 aliphatic rings. The summed E-state index contributed by atoms with van der Waals surface area (Å²) in [6.07, 6.45) is 4.06. The molecule has 0 spiro atoms. The number of hydrogen-bond donors (Lipinski definition) is 2. The second-order valence-corrected chi connectivity index (χ2v) is 17.8. The highest BCUT2D eigenvalue weighted by atomic mass is 16.7. The van der Waals surface area contributed by atoms with Crippen molar-refractivity contribution < 1.29 is 57.1 Å². The van der Waals surface area contributed by atoms with E-state index in [0.717, 1.165) is 43.1 Å². The molecule has 2 fully saturated rings. The molecule has 123 heavy (non-hydrogen) atoms. The second-order valence-electron chi connectivity index (χ2n) is 17.8. The summed E-state index contributed by atoms with van der Waals surface area (Å²) in [6, 6.07) is 15.1. The van der Waals surface area contributed by atoms with Crippen LogP contribution in [0, 0.1) is 19.4 Å². The highest BCUT2D eigenvalue weighted by Gasteiger charge is 2.51. The first-order chi connectivity index (χ1) is 60.5.